The lowest BCUT2D eigenvalue weighted by Crippen LogP contribution is -2.38. The first-order valence-electron chi connectivity index (χ1n) is 7.54. The third-order valence-corrected chi connectivity index (χ3v) is 3.71. The summed E-state index contributed by atoms with van der Waals surface area (Å²) in [6, 6.07) is 7.86. The summed E-state index contributed by atoms with van der Waals surface area (Å²) in [5, 5.41) is 9.45. The van der Waals surface area contributed by atoms with Gasteiger partial charge in [-0.1, -0.05) is 12.1 Å². The van der Waals surface area contributed by atoms with Gasteiger partial charge in [0.25, 0.3) is 5.91 Å². The third-order valence-electron chi connectivity index (χ3n) is 3.71. The second kappa shape index (κ2) is 7.66. The standard InChI is InChI=1S/C17H18N2O6/c1-10(20)24-15-14(8-18)19(17(22)16(15)25-11(2)21)9-12-4-6-13(23-3)7-5-12/h4-7,14-16H,9H2,1-3H3/t14?,15-,16-/m1/s1. The van der Waals surface area contributed by atoms with Crippen LogP contribution in [0.25, 0.3) is 0 Å². The number of methoxy groups -OCH3 is 1. The number of benzene rings is 1. The summed E-state index contributed by atoms with van der Waals surface area (Å²) in [6.45, 7) is 2.41. The Balaban J connectivity index is 2.28. The molecule has 0 aliphatic carbocycles. The largest absolute Gasteiger partial charge is 0.497 e. The predicted molar refractivity (Wildman–Crippen MR) is 84.1 cm³/mol. The molecule has 8 heteroatoms. The molecule has 1 aromatic rings. The molecule has 0 radical (unpaired) electrons. The van der Waals surface area contributed by atoms with Crippen LogP contribution < -0.4 is 4.74 Å². The number of carbonyl (C=O) groups is 3. The molecule has 1 aliphatic rings. The van der Waals surface area contributed by atoms with Gasteiger partial charge in [-0.25, -0.2) is 0 Å². The van der Waals surface area contributed by atoms with Gasteiger partial charge in [-0.05, 0) is 17.7 Å². The van der Waals surface area contributed by atoms with Crippen molar-refractivity contribution in [3.05, 3.63) is 29.8 Å². The van der Waals surface area contributed by atoms with Crippen molar-refractivity contribution in [2.24, 2.45) is 0 Å². The molecule has 2 rings (SSSR count). The number of esters is 2. The maximum atomic E-state index is 12.6. The van der Waals surface area contributed by atoms with E-state index in [0.717, 1.165) is 19.4 Å². The fourth-order valence-corrected chi connectivity index (χ4v) is 2.65. The molecule has 132 valence electrons. The average Bonchev–Trinajstić information content (AvgIpc) is 2.79. The summed E-state index contributed by atoms with van der Waals surface area (Å²) in [5.74, 6) is -1.28. The zero-order valence-corrected chi connectivity index (χ0v) is 14.1. The van der Waals surface area contributed by atoms with Gasteiger partial charge < -0.3 is 19.1 Å². The molecule has 1 unspecified atom stereocenters. The number of amides is 1. The fourth-order valence-electron chi connectivity index (χ4n) is 2.65. The average molecular weight is 346 g/mol. The highest BCUT2D eigenvalue weighted by Crippen LogP contribution is 2.27. The minimum atomic E-state index is -1.33. The van der Waals surface area contributed by atoms with Crippen LogP contribution in [0.15, 0.2) is 24.3 Å². The first-order chi connectivity index (χ1) is 11.9. The van der Waals surface area contributed by atoms with Crippen LogP contribution >= 0.6 is 0 Å². The van der Waals surface area contributed by atoms with E-state index in [4.69, 9.17) is 14.2 Å². The summed E-state index contributed by atoms with van der Waals surface area (Å²) in [6.07, 6.45) is -2.50. The summed E-state index contributed by atoms with van der Waals surface area (Å²) in [5.41, 5.74) is 0.749. The Bertz CT molecular complexity index is 709. The molecule has 0 aromatic heterocycles. The van der Waals surface area contributed by atoms with E-state index in [1.807, 2.05) is 6.07 Å². The first kappa shape index (κ1) is 18.3. The fraction of sp³-hybridized carbons (Fsp3) is 0.412. The molecular weight excluding hydrogens is 328 g/mol. The van der Waals surface area contributed by atoms with Crippen molar-refractivity contribution >= 4 is 17.8 Å². The van der Waals surface area contributed by atoms with E-state index in [9.17, 15) is 19.6 Å². The lowest BCUT2D eigenvalue weighted by Gasteiger charge is -2.21. The van der Waals surface area contributed by atoms with E-state index in [1.165, 1.54) is 12.0 Å². The minimum absolute atomic E-state index is 0.108. The zero-order chi connectivity index (χ0) is 18.6. The molecule has 1 fully saturated rings. The number of carbonyl (C=O) groups excluding carboxylic acids is 3. The first-order valence-corrected chi connectivity index (χ1v) is 7.54. The second-order valence-electron chi connectivity index (χ2n) is 5.49. The van der Waals surface area contributed by atoms with Gasteiger partial charge in [0, 0.05) is 20.4 Å². The highest BCUT2D eigenvalue weighted by molar-refractivity contribution is 5.88. The van der Waals surface area contributed by atoms with E-state index >= 15 is 0 Å². The summed E-state index contributed by atoms with van der Waals surface area (Å²) in [4.78, 5) is 36.4. The van der Waals surface area contributed by atoms with E-state index < -0.39 is 36.1 Å². The molecule has 25 heavy (non-hydrogen) atoms. The van der Waals surface area contributed by atoms with Gasteiger partial charge in [-0.3, -0.25) is 14.4 Å². The Morgan fingerprint density at radius 2 is 1.76 bits per heavy atom. The van der Waals surface area contributed by atoms with Crippen molar-refractivity contribution in [2.45, 2.75) is 38.6 Å². The Hall–Kier alpha value is -3.08. The van der Waals surface area contributed by atoms with Crippen molar-refractivity contribution in [3.8, 4) is 11.8 Å². The van der Waals surface area contributed by atoms with Crippen molar-refractivity contribution in [3.63, 3.8) is 0 Å². The van der Waals surface area contributed by atoms with Gasteiger partial charge in [0.1, 0.15) is 5.75 Å². The Morgan fingerprint density at radius 3 is 2.24 bits per heavy atom. The van der Waals surface area contributed by atoms with E-state index in [-0.39, 0.29) is 6.54 Å². The van der Waals surface area contributed by atoms with Crippen LogP contribution in [-0.2, 0) is 30.4 Å². The van der Waals surface area contributed by atoms with Crippen molar-refractivity contribution in [1.29, 1.82) is 5.26 Å². The quantitative estimate of drug-likeness (QED) is 0.726. The summed E-state index contributed by atoms with van der Waals surface area (Å²) < 4.78 is 15.2. The number of nitriles is 1. The van der Waals surface area contributed by atoms with Crippen LogP contribution in [-0.4, -0.2) is 48.1 Å². The van der Waals surface area contributed by atoms with E-state index in [1.54, 1.807) is 24.3 Å². The molecule has 8 nitrogen and oxygen atoms in total. The smallest absolute Gasteiger partial charge is 0.303 e. The van der Waals surface area contributed by atoms with Gasteiger partial charge in [0.2, 0.25) is 6.10 Å². The van der Waals surface area contributed by atoms with Gasteiger partial charge in [0.15, 0.2) is 12.1 Å². The van der Waals surface area contributed by atoms with Gasteiger partial charge in [-0.15, -0.1) is 0 Å². The molecule has 0 saturated carbocycles. The molecule has 0 N–H and O–H groups in total. The van der Waals surface area contributed by atoms with Crippen molar-refractivity contribution in [2.75, 3.05) is 7.11 Å². The maximum absolute atomic E-state index is 12.6. The zero-order valence-electron chi connectivity index (χ0n) is 14.1. The van der Waals surface area contributed by atoms with Crippen LogP contribution in [0.5, 0.6) is 5.75 Å². The molecule has 3 atom stereocenters. The Kier molecular flexibility index (Phi) is 5.60. The molecule has 1 heterocycles. The molecule has 1 saturated heterocycles. The second-order valence-corrected chi connectivity index (χ2v) is 5.49. The highest BCUT2D eigenvalue weighted by atomic mass is 16.6. The maximum Gasteiger partial charge on any atom is 0.303 e. The SMILES string of the molecule is COc1ccc(CN2C(=O)[C@H](OC(C)=O)[C@H](OC(C)=O)C2C#N)cc1. The predicted octanol–water partition coefficient (Wildman–Crippen LogP) is 0.793. The monoisotopic (exact) mass is 346 g/mol. The third kappa shape index (κ3) is 4.07. The molecule has 1 amide bonds. The topological polar surface area (TPSA) is 106 Å². The molecule has 0 spiro atoms. The number of rotatable bonds is 5. The van der Waals surface area contributed by atoms with Crippen molar-refractivity contribution in [1.82, 2.24) is 4.90 Å². The van der Waals surface area contributed by atoms with Crippen LogP contribution in [0.2, 0.25) is 0 Å². The molecule has 1 aromatic carbocycles. The number of likely N-dealkylation sites (tertiary alicyclic amines) is 1. The van der Waals surface area contributed by atoms with Crippen LogP contribution in [0, 0.1) is 11.3 Å². The molecular formula is C17H18N2O6. The van der Waals surface area contributed by atoms with E-state index in [0.29, 0.717) is 5.75 Å². The highest BCUT2D eigenvalue weighted by Gasteiger charge is 2.52. The Labute approximate surface area is 144 Å². The van der Waals surface area contributed by atoms with Gasteiger partial charge in [-0.2, -0.15) is 5.26 Å². The lowest BCUT2D eigenvalue weighted by molar-refractivity contribution is -0.165. The van der Waals surface area contributed by atoms with Crippen LogP contribution in [0.1, 0.15) is 19.4 Å². The number of hydrogen-bond acceptors (Lipinski definition) is 7. The Morgan fingerprint density at radius 1 is 1.16 bits per heavy atom. The minimum Gasteiger partial charge on any atom is -0.497 e. The van der Waals surface area contributed by atoms with Crippen molar-refractivity contribution < 1.29 is 28.6 Å². The van der Waals surface area contributed by atoms with Crippen LogP contribution in [0.3, 0.4) is 0 Å². The molecule has 1 aliphatic heterocycles. The van der Waals surface area contributed by atoms with Crippen LogP contribution in [0.4, 0.5) is 0 Å². The molecule has 0 bridgehead atoms. The van der Waals surface area contributed by atoms with Gasteiger partial charge in [0.05, 0.1) is 13.2 Å². The normalized spacial score (nSPS) is 22.2. The summed E-state index contributed by atoms with van der Waals surface area (Å²) >= 11 is 0. The number of ether oxygens (including phenoxy) is 3. The number of hydrogen-bond donors (Lipinski definition) is 0. The summed E-state index contributed by atoms with van der Waals surface area (Å²) in [7, 11) is 1.54. The lowest BCUT2D eigenvalue weighted by atomic mass is 10.1. The van der Waals surface area contributed by atoms with E-state index in [2.05, 4.69) is 0 Å². The number of nitrogens with zero attached hydrogens (tertiary/aromatic N) is 2. The van der Waals surface area contributed by atoms with Gasteiger partial charge >= 0.3 is 11.9 Å².